The first-order valence-electron chi connectivity index (χ1n) is 10.7. The minimum absolute atomic E-state index is 0.127. The molecule has 0 bridgehead atoms. The van der Waals surface area contributed by atoms with Gasteiger partial charge in [-0.2, -0.15) is 0 Å². The van der Waals surface area contributed by atoms with E-state index in [1.807, 2.05) is 0 Å². The van der Waals surface area contributed by atoms with Gasteiger partial charge in [0.15, 0.2) is 5.58 Å². The lowest BCUT2D eigenvalue weighted by Gasteiger charge is -2.36. The van der Waals surface area contributed by atoms with Gasteiger partial charge in [0.05, 0.1) is 12.1 Å². The van der Waals surface area contributed by atoms with Crippen LogP contribution in [0.2, 0.25) is 0 Å². The van der Waals surface area contributed by atoms with Crippen molar-refractivity contribution in [2.24, 2.45) is 0 Å². The van der Waals surface area contributed by atoms with Crippen molar-refractivity contribution in [3.63, 3.8) is 0 Å². The van der Waals surface area contributed by atoms with Crippen LogP contribution in [0.1, 0.15) is 15.9 Å². The monoisotopic (exact) mass is 449 g/mol. The Labute approximate surface area is 188 Å². The Hall–Kier alpha value is -3.94. The number of halogens is 2. The Morgan fingerprint density at radius 2 is 1.48 bits per heavy atom. The van der Waals surface area contributed by atoms with E-state index in [1.54, 1.807) is 47.4 Å². The Morgan fingerprint density at radius 3 is 2.15 bits per heavy atom. The lowest BCUT2D eigenvalue weighted by molar-refractivity contribution is 0.0747. The third-order valence-electron chi connectivity index (χ3n) is 5.93. The van der Waals surface area contributed by atoms with E-state index in [-0.39, 0.29) is 24.1 Å². The van der Waals surface area contributed by atoms with E-state index >= 15 is 0 Å². The number of carbonyl (C=O) groups is 1. The molecular weight excluding hydrogens is 428 g/mol. The Bertz CT molecular complexity index is 1350. The molecule has 5 rings (SSSR count). The fourth-order valence-corrected chi connectivity index (χ4v) is 4.12. The molecule has 1 saturated heterocycles. The van der Waals surface area contributed by atoms with Crippen molar-refractivity contribution in [3.05, 3.63) is 100 Å². The lowest BCUT2D eigenvalue weighted by Crippen LogP contribution is -2.48. The maximum absolute atomic E-state index is 13.2. The van der Waals surface area contributed by atoms with Gasteiger partial charge in [0.2, 0.25) is 0 Å². The summed E-state index contributed by atoms with van der Waals surface area (Å²) in [5, 5.41) is 0. The van der Waals surface area contributed by atoms with Gasteiger partial charge in [0.25, 0.3) is 5.91 Å². The number of oxazole rings is 1. The number of hydrogen-bond acceptors (Lipinski definition) is 4. The Balaban J connectivity index is 1.34. The van der Waals surface area contributed by atoms with Crippen molar-refractivity contribution in [2.45, 2.75) is 6.54 Å². The number of nitrogens with zero attached hydrogens (tertiary/aromatic N) is 3. The maximum atomic E-state index is 13.2. The summed E-state index contributed by atoms with van der Waals surface area (Å²) in [5.74, 6) is -1.29. The number of fused-ring (bicyclic) bond motifs is 1. The average Bonchev–Trinajstić information content (AvgIpc) is 3.15. The van der Waals surface area contributed by atoms with E-state index < -0.39 is 5.76 Å². The molecule has 6 nitrogen and oxygen atoms in total. The molecule has 1 fully saturated rings. The third kappa shape index (κ3) is 4.24. The number of piperazine rings is 1. The highest BCUT2D eigenvalue weighted by Gasteiger charge is 2.23. The van der Waals surface area contributed by atoms with Gasteiger partial charge >= 0.3 is 5.76 Å². The van der Waals surface area contributed by atoms with Crippen molar-refractivity contribution in [3.8, 4) is 0 Å². The molecule has 0 spiro atoms. The van der Waals surface area contributed by atoms with Gasteiger partial charge in [0.1, 0.15) is 11.6 Å². The number of aromatic nitrogens is 1. The molecule has 8 heteroatoms. The van der Waals surface area contributed by atoms with E-state index in [9.17, 15) is 18.4 Å². The summed E-state index contributed by atoms with van der Waals surface area (Å²) in [6.07, 6.45) is 0. The minimum Gasteiger partial charge on any atom is -0.408 e. The zero-order chi connectivity index (χ0) is 22.9. The van der Waals surface area contributed by atoms with Crippen molar-refractivity contribution < 1.29 is 18.0 Å². The number of carbonyl (C=O) groups excluding carboxylic acids is 1. The summed E-state index contributed by atoms with van der Waals surface area (Å²) in [6.45, 7) is 2.55. The molecule has 0 atom stereocenters. The molecule has 1 aliphatic rings. The van der Waals surface area contributed by atoms with Gasteiger partial charge in [-0.1, -0.05) is 12.1 Å². The molecule has 33 heavy (non-hydrogen) atoms. The van der Waals surface area contributed by atoms with E-state index in [1.165, 1.54) is 28.8 Å². The summed E-state index contributed by atoms with van der Waals surface area (Å²) in [4.78, 5) is 29.4. The second-order valence-corrected chi connectivity index (χ2v) is 8.02. The highest BCUT2D eigenvalue weighted by molar-refractivity contribution is 5.97. The summed E-state index contributed by atoms with van der Waals surface area (Å²) < 4.78 is 33.1. The first kappa shape index (κ1) is 20.9. The van der Waals surface area contributed by atoms with Crippen LogP contribution < -0.4 is 10.7 Å². The lowest BCUT2D eigenvalue weighted by atomic mass is 10.1. The normalized spacial score (nSPS) is 14.1. The largest absolute Gasteiger partial charge is 0.420 e. The number of anilines is 1. The standard InChI is InChI=1S/C25H21F2N3O3/c26-19-4-1-17(2-5-19)16-30-22-15-18(3-10-23(22)33-25(30)32)24(31)29-13-11-28(12-14-29)21-8-6-20(27)7-9-21/h1-10,15H,11-14,16H2. The van der Waals surface area contributed by atoms with Gasteiger partial charge in [-0.05, 0) is 60.2 Å². The first-order chi connectivity index (χ1) is 16.0. The molecule has 1 aromatic heterocycles. The topological polar surface area (TPSA) is 58.7 Å². The number of benzene rings is 3. The number of amides is 1. The van der Waals surface area contributed by atoms with Gasteiger partial charge in [-0.15, -0.1) is 0 Å². The molecule has 4 aromatic rings. The van der Waals surface area contributed by atoms with Crippen LogP contribution in [0.15, 0.2) is 75.9 Å². The zero-order valence-corrected chi connectivity index (χ0v) is 17.7. The van der Waals surface area contributed by atoms with Gasteiger partial charge in [0, 0.05) is 37.4 Å². The molecule has 0 N–H and O–H groups in total. The highest BCUT2D eigenvalue weighted by Crippen LogP contribution is 2.21. The quantitative estimate of drug-likeness (QED) is 0.475. The predicted octanol–water partition coefficient (Wildman–Crippen LogP) is 3.88. The van der Waals surface area contributed by atoms with Gasteiger partial charge < -0.3 is 14.2 Å². The summed E-state index contributed by atoms with van der Waals surface area (Å²) in [6, 6.07) is 17.2. The fourth-order valence-electron chi connectivity index (χ4n) is 4.12. The van der Waals surface area contributed by atoms with Crippen LogP contribution in [0.3, 0.4) is 0 Å². The first-order valence-corrected chi connectivity index (χ1v) is 10.7. The Kier molecular flexibility index (Phi) is 5.42. The molecule has 1 amide bonds. The molecule has 2 heterocycles. The van der Waals surface area contributed by atoms with Crippen LogP contribution in [0.25, 0.3) is 11.1 Å². The van der Waals surface area contributed by atoms with Gasteiger partial charge in [-0.25, -0.2) is 13.6 Å². The fraction of sp³-hybridized carbons (Fsp3) is 0.200. The van der Waals surface area contributed by atoms with Crippen LogP contribution in [-0.4, -0.2) is 41.6 Å². The molecule has 0 unspecified atom stereocenters. The molecule has 0 aliphatic carbocycles. The van der Waals surface area contributed by atoms with Crippen molar-refractivity contribution >= 4 is 22.7 Å². The SMILES string of the molecule is O=C(c1ccc2oc(=O)n(Cc3ccc(F)cc3)c2c1)N1CCN(c2ccc(F)cc2)CC1. The number of hydrogen-bond donors (Lipinski definition) is 0. The summed E-state index contributed by atoms with van der Waals surface area (Å²) >= 11 is 0. The second kappa shape index (κ2) is 8.54. The van der Waals surface area contributed by atoms with E-state index in [2.05, 4.69) is 4.90 Å². The molecule has 0 radical (unpaired) electrons. The van der Waals surface area contributed by atoms with Crippen LogP contribution in [0.5, 0.6) is 0 Å². The zero-order valence-electron chi connectivity index (χ0n) is 17.7. The minimum atomic E-state index is -0.535. The van der Waals surface area contributed by atoms with Crippen LogP contribution in [-0.2, 0) is 6.54 Å². The van der Waals surface area contributed by atoms with E-state index in [4.69, 9.17) is 4.42 Å². The van der Waals surface area contributed by atoms with Crippen LogP contribution >= 0.6 is 0 Å². The maximum Gasteiger partial charge on any atom is 0.420 e. The van der Waals surface area contributed by atoms with Crippen molar-refractivity contribution in [1.82, 2.24) is 9.47 Å². The molecule has 0 saturated carbocycles. The number of rotatable bonds is 4. The van der Waals surface area contributed by atoms with E-state index in [0.29, 0.717) is 42.8 Å². The third-order valence-corrected chi connectivity index (χ3v) is 5.93. The molecular formula is C25H21F2N3O3. The van der Waals surface area contributed by atoms with Crippen molar-refractivity contribution in [2.75, 3.05) is 31.1 Å². The summed E-state index contributed by atoms with van der Waals surface area (Å²) in [5.41, 5.74) is 3.04. The summed E-state index contributed by atoms with van der Waals surface area (Å²) in [7, 11) is 0. The van der Waals surface area contributed by atoms with Gasteiger partial charge in [-0.3, -0.25) is 9.36 Å². The average molecular weight is 449 g/mol. The highest BCUT2D eigenvalue weighted by atomic mass is 19.1. The van der Waals surface area contributed by atoms with Crippen LogP contribution in [0.4, 0.5) is 14.5 Å². The predicted molar refractivity (Wildman–Crippen MR) is 120 cm³/mol. The van der Waals surface area contributed by atoms with Crippen LogP contribution in [0, 0.1) is 11.6 Å². The smallest absolute Gasteiger partial charge is 0.408 e. The van der Waals surface area contributed by atoms with Crippen molar-refractivity contribution in [1.29, 1.82) is 0 Å². The molecule has 3 aromatic carbocycles. The second-order valence-electron chi connectivity index (χ2n) is 8.02. The molecule has 168 valence electrons. The van der Waals surface area contributed by atoms with E-state index in [0.717, 1.165) is 11.3 Å². The Morgan fingerprint density at radius 1 is 0.848 bits per heavy atom. The molecule has 1 aliphatic heterocycles.